The Hall–Kier alpha value is -2.42. The molecule has 5 heteroatoms. The number of hydrogen-bond donors (Lipinski definition) is 0. The van der Waals surface area contributed by atoms with Gasteiger partial charge in [-0.15, -0.1) is 0 Å². The van der Waals surface area contributed by atoms with Gasteiger partial charge in [-0.3, -0.25) is 4.90 Å². The van der Waals surface area contributed by atoms with E-state index in [4.69, 9.17) is 5.26 Å². The highest BCUT2D eigenvalue weighted by atomic mass is 32.1. The van der Waals surface area contributed by atoms with E-state index >= 15 is 0 Å². The SMILES string of the molecule is N#Cc1ccc(CN2CCN(c3nsc4ccccc34)CC2)cc1. The Balaban J connectivity index is 1.40. The number of nitriles is 1. The fourth-order valence-corrected chi connectivity index (χ4v) is 3.96. The second-order valence-electron chi connectivity index (χ2n) is 6.07. The fourth-order valence-electron chi connectivity index (χ4n) is 3.16. The van der Waals surface area contributed by atoms with Crippen molar-refractivity contribution in [3.8, 4) is 6.07 Å². The normalized spacial score (nSPS) is 15.5. The van der Waals surface area contributed by atoms with Crippen molar-refractivity contribution in [2.24, 2.45) is 0 Å². The van der Waals surface area contributed by atoms with E-state index in [-0.39, 0.29) is 0 Å². The van der Waals surface area contributed by atoms with E-state index in [0.29, 0.717) is 0 Å². The Morgan fingerprint density at radius 1 is 1.00 bits per heavy atom. The van der Waals surface area contributed by atoms with Crippen molar-refractivity contribution in [1.82, 2.24) is 9.27 Å². The number of anilines is 1. The molecule has 24 heavy (non-hydrogen) atoms. The van der Waals surface area contributed by atoms with Crippen LogP contribution in [-0.4, -0.2) is 35.5 Å². The van der Waals surface area contributed by atoms with Gasteiger partial charge in [0.1, 0.15) is 5.82 Å². The highest BCUT2D eigenvalue weighted by Crippen LogP contribution is 2.29. The van der Waals surface area contributed by atoms with Crippen LogP contribution in [0.3, 0.4) is 0 Å². The van der Waals surface area contributed by atoms with E-state index in [2.05, 4.69) is 56.6 Å². The Kier molecular flexibility index (Phi) is 4.16. The standard InChI is InChI=1S/C19H18N4S/c20-13-15-5-7-16(8-6-15)14-22-9-11-23(12-10-22)19-17-3-1-2-4-18(17)24-21-19/h1-8H,9-12,14H2. The summed E-state index contributed by atoms with van der Waals surface area (Å²) in [5, 5.41) is 10.1. The van der Waals surface area contributed by atoms with Gasteiger partial charge < -0.3 is 4.90 Å². The van der Waals surface area contributed by atoms with Crippen molar-refractivity contribution >= 4 is 27.4 Å². The topological polar surface area (TPSA) is 43.2 Å². The van der Waals surface area contributed by atoms with Crippen LogP contribution in [0.4, 0.5) is 5.82 Å². The van der Waals surface area contributed by atoms with Gasteiger partial charge >= 0.3 is 0 Å². The summed E-state index contributed by atoms with van der Waals surface area (Å²) in [5.74, 6) is 1.13. The highest BCUT2D eigenvalue weighted by molar-refractivity contribution is 7.13. The predicted octanol–water partition coefficient (Wildman–Crippen LogP) is 3.49. The van der Waals surface area contributed by atoms with Crippen LogP contribution in [0.25, 0.3) is 10.1 Å². The molecule has 0 bridgehead atoms. The summed E-state index contributed by atoms with van der Waals surface area (Å²) in [7, 11) is 0. The lowest BCUT2D eigenvalue weighted by Gasteiger charge is -2.35. The van der Waals surface area contributed by atoms with Crippen LogP contribution in [0.2, 0.25) is 0 Å². The summed E-state index contributed by atoms with van der Waals surface area (Å²) in [5.41, 5.74) is 1.99. The summed E-state index contributed by atoms with van der Waals surface area (Å²) in [6.07, 6.45) is 0. The average Bonchev–Trinajstić information content (AvgIpc) is 3.07. The molecule has 0 spiro atoms. The van der Waals surface area contributed by atoms with E-state index in [1.54, 1.807) is 11.5 Å². The molecule has 2 heterocycles. The van der Waals surface area contributed by atoms with Crippen LogP contribution in [0.5, 0.6) is 0 Å². The number of fused-ring (bicyclic) bond motifs is 1. The molecule has 3 aromatic rings. The van der Waals surface area contributed by atoms with Crippen LogP contribution in [0, 0.1) is 11.3 Å². The first-order valence-corrected chi connectivity index (χ1v) is 8.91. The molecule has 1 saturated heterocycles. The quantitative estimate of drug-likeness (QED) is 0.735. The van der Waals surface area contributed by atoms with Crippen molar-refractivity contribution in [1.29, 1.82) is 5.26 Å². The zero-order chi connectivity index (χ0) is 16.4. The molecule has 1 aromatic heterocycles. The molecule has 0 saturated carbocycles. The third-order valence-electron chi connectivity index (χ3n) is 4.52. The smallest absolute Gasteiger partial charge is 0.150 e. The van der Waals surface area contributed by atoms with Gasteiger partial charge in [-0.05, 0) is 41.4 Å². The molecule has 2 aromatic carbocycles. The second kappa shape index (κ2) is 6.60. The lowest BCUT2D eigenvalue weighted by molar-refractivity contribution is 0.249. The van der Waals surface area contributed by atoms with Gasteiger partial charge in [0.25, 0.3) is 0 Å². The van der Waals surface area contributed by atoms with Crippen LogP contribution >= 0.6 is 11.5 Å². The summed E-state index contributed by atoms with van der Waals surface area (Å²) in [4.78, 5) is 4.86. The van der Waals surface area contributed by atoms with Crippen LogP contribution in [-0.2, 0) is 6.54 Å². The first-order valence-electron chi connectivity index (χ1n) is 8.14. The van der Waals surface area contributed by atoms with Crippen LogP contribution in [0.1, 0.15) is 11.1 Å². The van der Waals surface area contributed by atoms with Gasteiger partial charge in [0, 0.05) is 38.1 Å². The van der Waals surface area contributed by atoms with Gasteiger partial charge in [-0.1, -0.05) is 24.3 Å². The molecule has 0 aliphatic carbocycles. The minimum atomic E-state index is 0.721. The summed E-state index contributed by atoms with van der Waals surface area (Å²) in [6.45, 7) is 5.02. The van der Waals surface area contributed by atoms with Gasteiger partial charge in [-0.25, -0.2) is 0 Å². The lowest BCUT2D eigenvalue weighted by Crippen LogP contribution is -2.46. The number of nitrogens with zero attached hydrogens (tertiary/aromatic N) is 4. The van der Waals surface area contributed by atoms with E-state index in [1.165, 1.54) is 15.6 Å². The maximum Gasteiger partial charge on any atom is 0.150 e. The first-order chi connectivity index (χ1) is 11.8. The number of piperazine rings is 1. The molecular formula is C19H18N4S. The molecule has 1 aliphatic heterocycles. The molecule has 0 N–H and O–H groups in total. The maximum absolute atomic E-state index is 8.87. The van der Waals surface area contributed by atoms with Crippen LogP contribution < -0.4 is 4.90 Å². The van der Waals surface area contributed by atoms with Gasteiger partial charge in [0.2, 0.25) is 0 Å². The highest BCUT2D eigenvalue weighted by Gasteiger charge is 2.20. The number of rotatable bonds is 3. The zero-order valence-corrected chi connectivity index (χ0v) is 14.2. The van der Waals surface area contributed by atoms with Crippen molar-refractivity contribution in [2.45, 2.75) is 6.54 Å². The number of hydrogen-bond acceptors (Lipinski definition) is 5. The maximum atomic E-state index is 8.87. The molecule has 0 amide bonds. The van der Waals surface area contributed by atoms with Gasteiger partial charge in [0.15, 0.2) is 0 Å². The molecule has 0 radical (unpaired) electrons. The second-order valence-corrected chi connectivity index (χ2v) is 6.88. The molecule has 1 fully saturated rings. The molecule has 4 nitrogen and oxygen atoms in total. The van der Waals surface area contributed by atoms with Crippen molar-refractivity contribution in [3.05, 3.63) is 59.7 Å². The van der Waals surface area contributed by atoms with E-state index < -0.39 is 0 Å². The minimum Gasteiger partial charge on any atom is -0.353 e. The largest absolute Gasteiger partial charge is 0.353 e. The Bertz CT molecular complexity index is 870. The van der Waals surface area contributed by atoms with Crippen molar-refractivity contribution < 1.29 is 0 Å². The third kappa shape index (κ3) is 2.99. The Morgan fingerprint density at radius 3 is 2.50 bits per heavy atom. The average molecular weight is 334 g/mol. The van der Waals surface area contributed by atoms with E-state index in [1.807, 2.05) is 12.1 Å². The fraction of sp³-hybridized carbons (Fsp3) is 0.263. The Morgan fingerprint density at radius 2 is 1.75 bits per heavy atom. The lowest BCUT2D eigenvalue weighted by atomic mass is 10.1. The molecule has 0 atom stereocenters. The van der Waals surface area contributed by atoms with Crippen molar-refractivity contribution in [3.63, 3.8) is 0 Å². The predicted molar refractivity (Wildman–Crippen MR) is 98.3 cm³/mol. The summed E-state index contributed by atoms with van der Waals surface area (Å²) < 4.78 is 5.92. The van der Waals surface area contributed by atoms with E-state index in [0.717, 1.165) is 44.1 Å². The van der Waals surface area contributed by atoms with Gasteiger partial charge in [0.05, 0.1) is 16.3 Å². The van der Waals surface area contributed by atoms with E-state index in [9.17, 15) is 0 Å². The molecule has 4 rings (SSSR count). The summed E-state index contributed by atoms with van der Waals surface area (Å²) in [6, 6.07) is 18.5. The third-order valence-corrected chi connectivity index (χ3v) is 5.34. The minimum absolute atomic E-state index is 0.721. The molecule has 120 valence electrons. The van der Waals surface area contributed by atoms with Crippen molar-refractivity contribution in [2.75, 3.05) is 31.1 Å². The molecular weight excluding hydrogens is 316 g/mol. The number of benzene rings is 2. The van der Waals surface area contributed by atoms with Gasteiger partial charge in [-0.2, -0.15) is 9.64 Å². The Labute approximate surface area is 145 Å². The molecule has 0 unspecified atom stereocenters. The molecule has 1 aliphatic rings. The first kappa shape index (κ1) is 15.1. The van der Waals surface area contributed by atoms with Crippen LogP contribution in [0.15, 0.2) is 48.5 Å². The monoisotopic (exact) mass is 334 g/mol. The summed E-state index contributed by atoms with van der Waals surface area (Å²) >= 11 is 1.58. The number of aromatic nitrogens is 1. The zero-order valence-electron chi connectivity index (χ0n) is 13.4.